The second kappa shape index (κ2) is 10.5. The van der Waals surface area contributed by atoms with Crippen molar-refractivity contribution in [2.24, 2.45) is 5.92 Å². The van der Waals surface area contributed by atoms with E-state index < -0.39 is 36.6 Å². The minimum Gasteiger partial charge on any atom is -0.481 e. The van der Waals surface area contributed by atoms with E-state index in [1.54, 1.807) is 17.8 Å². The molecule has 2 aromatic rings. The van der Waals surface area contributed by atoms with Gasteiger partial charge < -0.3 is 14.6 Å². The number of carboxylic acids is 1. The molecule has 0 radical (unpaired) electrons. The first-order chi connectivity index (χ1) is 15.2. The van der Waals surface area contributed by atoms with E-state index in [1.807, 2.05) is 6.92 Å². The number of thiazole rings is 1. The molecule has 32 heavy (non-hydrogen) atoms. The predicted molar refractivity (Wildman–Crippen MR) is 111 cm³/mol. The predicted octanol–water partition coefficient (Wildman–Crippen LogP) is 5.52. The van der Waals surface area contributed by atoms with Crippen LogP contribution >= 0.6 is 11.3 Å². The van der Waals surface area contributed by atoms with Crippen LogP contribution in [0.5, 0.6) is 11.5 Å². The Bertz CT molecular complexity index is 892. The fourth-order valence-corrected chi connectivity index (χ4v) is 5.24. The Balaban J connectivity index is 2.03. The van der Waals surface area contributed by atoms with E-state index in [0.29, 0.717) is 48.9 Å². The molecule has 1 N–H and O–H groups in total. The number of hydrogen-bond acceptors (Lipinski definition) is 5. The topological polar surface area (TPSA) is 68.7 Å². The summed E-state index contributed by atoms with van der Waals surface area (Å²) in [6.07, 6.45) is 4.01. The van der Waals surface area contributed by atoms with Gasteiger partial charge in [-0.05, 0) is 25.8 Å². The molecular weight excluding hydrogens is 452 g/mol. The zero-order valence-corrected chi connectivity index (χ0v) is 18.2. The molecule has 1 aromatic heterocycles. The van der Waals surface area contributed by atoms with Crippen LogP contribution in [0, 0.1) is 5.92 Å². The lowest BCUT2D eigenvalue weighted by molar-refractivity contribution is -0.143. The van der Waals surface area contributed by atoms with Gasteiger partial charge in [0.25, 0.3) is 0 Å². The van der Waals surface area contributed by atoms with Gasteiger partial charge in [0.2, 0.25) is 0 Å². The SMILES string of the molecule is CC[N+](Cc1cncs1)(c1ccc(OC(F)F)c(OC(F)F)c1)C1CCC(C(=O)O)CC1. The van der Waals surface area contributed by atoms with Gasteiger partial charge in [-0.1, -0.05) is 0 Å². The van der Waals surface area contributed by atoms with E-state index >= 15 is 0 Å². The summed E-state index contributed by atoms with van der Waals surface area (Å²) in [5, 5.41) is 9.36. The molecule has 1 atom stereocenters. The molecule has 0 amide bonds. The number of aliphatic carboxylic acids is 1. The van der Waals surface area contributed by atoms with Gasteiger partial charge in [-0.25, -0.2) is 0 Å². The van der Waals surface area contributed by atoms with Gasteiger partial charge in [-0.3, -0.25) is 14.3 Å². The Morgan fingerprint density at radius 1 is 1.16 bits per heavy atom. The van der Waals surface area contributed by atoms with E-state index in [9.17, 15) is 27.5 Å². The molecule has 1 aliphatic rings. The molecule has 11 heteroatoms. The van der Waals surface area contributed by atoms with Crippen molar-refractivity contribution >= 4 is 23.0 Å². The molecule has 1 fully saturated rings. The normalized spacial score (nSPS) is 20.8. The van der Waals surface area contributed by atoms with Crippen LogP contribution < -0.4 is 14.0 Å². The van der Waals surface area contributed by atoms with Gasteiger partial charge in [0.15, 0.2) is 11.5 Å². The summed E-state index contributed by atoms with van der Waals surface area (Å²) >= 11 is 1.46. The highest BCUT2D eigenvalue weighted by molar-refractivity contribution is 7.09. The monoisotopic (exact) mass is 477 g/mol. The smallest absolute Gasteiger partial charge is 0.387 e. The maximum Gasteiger partial charge on any atom is 0.387 e. The minimum atomic E-state index is -3.21. The van der Waals surface area contributed by atoms with Crippen molar-refractivity contribution in [3.63, 3.8) is 0 Å². The summed E-state index contributed by atoms with van der Waals surface area (Å²) in [7, 11) is 0. The van der Waals surface area contributed by atoms with Crippen LogP contribution in [0.25, 0.3) is 0 Å². The summed E-state index contributed by atoms with van der Waals surface area (Å²) in [4.78, 5) is 16.5. The minimum absolute atomic E-state index is 0.0129. The van der Waals surface area contributed by atoms with Crippen LogP contribution in [-0.2, 0) is 11.3 Å². The summed E-state index contributed by atoms with van der Waals surface area (Å²) < 4.78 is 60.7. The molecular formula is C21H25F4N2O4S+. The number of carboxylic acid groups (broad SMARTS) is 1. The number of carbonyl (C=O) groups is 1. The molecule has 1 unspecified atom stereocenters. The number of ether oxygens (including phenoxy) is 2. The van der Waals surface area contributed by atoms with Crippen molar-refractivity contribution in [2.45, 2.75) is 58.4 Å². The third-order valence-corrected chi connectivity index (χ3v) is 6.87. The third kappa shape index (κ3) is 5.50. The lowest BCUT2D eigenvalue weighted by Gasteiger charge is -2.46. The van der Waals surface area contributed by atoms with Crippen molar-refractivity contribution < 1.29 is 36.9 Å². The lowest BCUT2D eigenvalue weighted by atomic mass is 9.83. The Morgan fingerprint density at radius 3 is 2.34 bits per heavy atom. The fraction of sp³-hybridized carbons (Fsp3) is 0.524. The average Bonchev–Trinajstić information content (AvgIpc) is 3.26. The van der Waals surface area contributed by atoms with Gasteiger partial charge in [0.1, 0.15) is 12.2 Å². The van der Waals surface area contributed by atoms with Crippen molar-refractivity contribution in [3.8, 4) is 11.5 Å². The molecule has 1 aliphatic carbocycles. The fourth-order valence-electron chi connectivity index (χ4n) is 4.55. The number of benzene rings is 1. The Kier molecular flexibility index (Phi) is 7.94. The summed E-state index contributed by atoms with van der Waals surface area (Å²) in [6, 6.07) is 4.15. The highest BCUT2D eigenvalue weighted by atomic mass is 32.1. The lowest BCUT2D eigenvalue weighted by Crippen LogP contribution is -2.57. The van der Waals surface area contributed by atoms with E-state index in [-0.39, 0.29) is 6.04 Å². The Morgan fingerprint density at radius 2 is 1.81 bits per heavy atom. The number of quaternary nitrogens is 1. The van der Waals surface area contributed by atoms with Gasteiger partial charge in [-0.2, -0.15) is 17.6 Å². The zero-order valence-electron chi connectivity index (χ0n) is 17.4. The molecule has 6 nitrogen and oxygen atoms in total. The summed E-state index contributed by atoms with van der Waals surface area (Å²) in [5.74, 6) is -2.16. The van der Waals surface area contributed by atoms with E-state index in [1.165, 1.54) is 23.5 Å². The highest BCUT2D eigenvalue weighted by Gasteiger charge is 2.42. The van der Waals surface area contributed by atoms with Crippen LogP contribution in [0.2, 0.25) is 0 Å². The first-order valence-corrected chi connectivity index (χ1v) is 11.1. The average molecular weight is 478 g/mol. The molecule has 3 rings (SSSR count). The second-order valence-electron chi connectivity index (χ2n) is 7.71. The van der Waals surface area contributed by atoms with Crippen LogP contribution in [0.3, 0.4) is 0 Å². The Labute approximate surface area is 187 Å². The van der Waals surface area contributed by atoms with Crippen LogP contribution in [0.4, 0.5) is 23.2 Å². The molecule has 0 spiro atoms. The number of alkyl halides is 4. The Hall–Kier alpha value is -2.40. The first-order valence-electron chi connectivity index (χ1n) is 10.3. The molecule has 0 bridgehead atoms. The van der Waals surface area contributed by atoms with E-state index in [2.05, 4.69) is 14.5 Å². The van der Waals surface area contributed by atoms with Crippen molar-refractivity contribution in [2.75, 3.05) is 6.54 Å². The number of hydrogen-bond donors (Lipinski definition) is 1. The van der Waals surface area contributed by atoms with Crippen molar-refractivity contribution in [1.82, 2.24) is 9.47 Å². The van der Waals surface area contributed by atoms with Gasteiger partial charge >= 0.3 is 19.2 Å². The molecule has 1 aromatic carbocycles. The maximum absolute atomic E-state index is 13.0. The maximum atomic E-state index is 13.0. The molecule has 0 aliphatic heterocycles. The van der Waals surface area contributed by atoms with Crippen molar-refractivity contribution in [1.29, 1.82) is 0 Å². The zero-order chi connectivity index (χ0) is 23.3. The number of aromatic nitrogens is 1. The second-order valence-corrected chi connectivity index (χ2v) is 8.68. The standard InChI is InChI=1S/C21H24F4N2O4S/c1-2-27(11-16-10-26-12-32-16,14-5-3-13(4-6-14)19(28)29)15-7-8-17(30-20(22)23)18(9-15)31-21(24)25/h7-10,12-14,20-21H,2-6,11H2,1H3/p+1. The highest BCUT2D eigenvalue weighted by Crippen LogP contribution is 2.42. The molecule has 1 saturated carbocycles. The molecule has 1 heterocycles. The number of rotatable bonds is 10. The van der Waals surface area contributed by atoms with Gasteiger partial charge in [0, 0.05) is 31.2 Å². The quantitative estimate of drug-likeness (QED) is 0.361. The first kappa shape index (κ1) is 24.2. The van der Waals surface area contributed by atoms with Gasteiger partial charge in [0.05, 0.1) is 28.9 Å². The largest absolute Gasteiger partial charge is 0.481 e. The van der Waals surface area contributed by atoms with E-state index in [4.69, 9.17) is 0 Å². The third-order valence-electron chi connectivity index (χ3n) is 6.10. The van der Waals surface area contributed by atoms with Gasteiger partial charge in [-0.15, -0.1) is 11.3 Å². The van der Waals surface area contributed by atoms with E-state index in [0.717, 1.165) is 4.88 Å². The van der Waals surface area contributed by atoms with Crippen LogP contribution in [0.15, 0.2) is 29.9 Å². The summed E-state index contributed by atoms with van der Waals surface area (Å²) in [5.41, 5.74) is 2.31. The molecule has 176 valence electrons. The number of nitrogens with zero attached hydrogens (tertiary/aromatic N) is 2. The number of halogens is 4. The van der Waals surface area contributed by atoms with Crippen LogP contribution in [-0.4, -0.2) is 41.9 Å². The van der Waals surface area contributed by atoms with Crippen LogP contribution in [0.1, 0.15) is 37.5 Å². The summed E-state index contributed by atoms with van der Waals surface area (Å²) in [6.45, 7) is -3.35. The van der Waals surface area contributed by atoms with Crippen molar-refractivity contribution in [3.05, 3.63) is 34.8 Å². The molecule has 0 saturated heterocycles.